The molecular weight excluding hydrogens is 356 g/mol. The summed E-state index contributed by atoms with van der Waals surface area (Å²) >= 11 is 0. The molecule has 1 saturated heterocycles. The van der Waals surface area contributed by atoms with Crippen LogP contribution in [0.1, 0.15) is 34.6 Å². The number of esters is 1. The Hall–Kier alpha value is -2.99. The van der Waals surface area contributed by atoms with Crippen LogP contribution in [-0.2, 0) is 16.1 Å². The molecule has 0 aliphatic carbocycles. The zero-order chi connectivity index (χ0) is 19.3. The van der Waals surface area contributed by atoms with E-state index in [0.717, 1.165) is 36.2 Å². The Labute approximate surface area is 163 Å². The second-order valence-corrected chi connectivity index (χ2v) is 6.79. The number of carbonyl (C=O) groups excluding carboxylic acids is 1. The summed E-state index contributed by atoms with van der Waals surface area (Å²) in [4.78, 5) is 21.5. The van der Waals surface area contributed by atoms with Gasteiger partial charge in [0.2, 0.25) is 0 Å². The number of aryl methyl sites for hydroxylation is 1. The second-order valence-electron chi connectivity index (χ2n) is 6.79. The van der Waals surface area contributed by atoms with Crippen molar-refractivity contribution in [2.75, 3.05) is 13.2 Å². The lowest BCUT2D eigenvalue weighted by molar-refractivity contribution is 0.0465. The van der Waals surface area contributed by atoms with Gasteiger partial charge in [0.1, 0.15) is 19.0 Å². The predicted octanol–water partition coefficient (Wildman–Crippen LogP) is 3.85. The van der Waals surface area contributed by atoms with Crippen molar-refractivity contribution in [3.05, 3.63) is 65.5 Å². The summed E-state index contributed by atoms with van der Waals surface area (Å²) in [6.07, 6.45) is 2.20. The second kappa shape index (κ2) is 8.35. The summed E-state index contributed by atoms with van der Waals surface area (Å²) in [7, 11) is 0. The van der Waals surface area contributed by atoms with Crippen molar-refractivity contribution < 1.29 is 19.0 Å². The molecule has 0 N–H and O–H groups in total. The zero-order valence-corrected chi connectivity index (χ0v) is 15.8. The molecule has 1 aliphatic rings. The number of para-hydroxylation sites is 2. The molecule has 0 saturated carbocycles. The Morgan fingerprint density at radius 3 is 2.75 bits per heavy atom. The van der Waals surface area contributed by atoms with Crippen molar-refractivity contribution in [1.82, 2.24) is 9.97 Å². The minimum atomic E-state index is -0.420. The first-order valence-electron chi connectivity index (χ1n) is 9.43. The Balaban J connectivity index is 1.39. The third-order valence-electron chi connectivity index (χ3n) is 4.71. The Morgan fingerprint density at radius 2 is 1.96 bits per heavy atom. The monoisotopic (exact) mass is 378 g/mol. The first-order chi connectivity index (χ1) is 13.7. The van der Waals surface area contributed by atoms with E-state index >= 15 is 0 Å². The zero-order valence-electron chi connectivity index (χ0n) is 15.8. The molecule has 1 aliphatic heterocycles. The van der Waals surface area contributed by atoms with Gasteiger partial charge in [-0.15, -0.1) is 0 Å². The maximum Gasteiger partial charge on any atom is 0.338 e. The van der Waals surface area contributed by atoms with E-state index in [-0.39, 0.29) is 12.7 Å². The van der Waals surface area contributed by atoms with Gasteiger partial charge in [0.15, 0.2) is 0 Å². The average Bonchev–Trinajstić information content (AvgIpc) is 3.24. The summed E-state index contributed by atoms with van der Waals surface area (Å²) in [5, 5.41) is 0. The quantitative estimate of drug-likeness (QED) is 0.607. The third-order valence-corrected chi connectivity index (χ3v) is 4.71. The minimum Gasteiger partial charge on any atom is -0.491 e. The van der Waals surface area contributed by atoms with Gasteiger partial charge in [0, 0.05) is 6.61 Å². The SMILES string of the molecule is Cc1nc2ccccc2nc1COC(=O)c1cccc(OC[C@H]2CCCO2)c1. The van der Waals surface area contributed by atoms with E-state index in [1.165, 1.54) is 0 Å². The van der Waals surface area contributed by atoms with Crippen molar-refractivity contribution in [3.8, 4) is 5.75 Å². The maximum absolute atomic E-state index is 12.5. The van der Waals surface area contributed by atoms with Gasteiger partial charge in [-0.05, 0) is 50.1 Å². The number of hydrogen-bond donors (Lipinski definition) is 0. The Kier molecular flexibility index (Phi) is 5.48. The number of ether oxygens (including phenoxy) is 3. The number of nitrogens with zero attached hydrogens (tertiary/aromatic N) is 2. The fourth-order valence-corrected chi connectivity index (χ4v) is 3.16. The highest BCUT2D eigenvalue weighted by Crippen LogP contribution is 2.19. The molecule has 3 aromatic rings. The fraction of sp³-hybridized carbons (Fsp3) is 0.318. The van der Waals surface area contributed by atoms with E-state index in [1.807, 2.05) is 37.3 Å². The molecule has 1 aromatic heterocycles. The first-order valence-corrected chi connectivity index (χ1v) is 9.43. The van der Waals surface area contributed by atoms with E-state index in [1.54, 1.807) is 18.2 Å². The van der Waals surface area contributed by atoms with E-state index in [2.05, 4.69) is 9.97 Å². The van der Waals surface area contributed by atoms with Gasteiger partial charge in [0.05, 0.1) is 34.1 Å². The molecule has 6 nitrogen and oxygen atoms in total. The molecule has 2 heterocycles. The molecule has 1 atom stereocenters. The summed E-state index contributed by atoms with van der Waals surface area (Å²) in [6, 6.07) is 14.6. The normalized spacial score (nSPS) is 16.2. The molecular formula is C22H22N2O4. The number of aromatic nitrogens is 2. The number of carbonyl (C=O) groups is 1. The molecule has 6 heteroatoms. The summed E-state index contributed by atoms with van der Waals surface area (Å²) in [5.41, 5.74) is 3.45. The summed E-state index contributed by atoms with van der Waals surface area (Å²) in [6.45, 7) is 3.22. The number of fused-ring (bicyclic) bond motifs is 1. The molecule has 28 heavy (non-hydrogen) atoms. The lowest BCUT2D eigenvalue weighted by atomic mass is 10.2. The number of hydrogen-bond acceptors (Lipinski definition) is 6. The molecule has 144 valence electrons. The number of benzene rings is 2. The summed E-state index contributed by atoms with van der Waals surface area (Å²) in [5.74, 6) is 0.212. The highest BCUT2D eigenvalue weighted by molar-refractivity contribution is 5.89. The van der Waals surface area contributed by atoms with Crippen LogP contribution in [0, 0.1) is 6.92 Å². The van der Waals surface area contributed by atoms with Gasteiger partial charge in [-0.2, -0.15) is 0 Å². The van der Waals surface area contributed by atoms with Crippen LogP contribution in [0.25, 0.3) is 11.0 Å². The van der Waals surface area contributed by atoms with Gasteiger partial charge in [-0.25, -0.2) is 14.8 Å². The highest BCUT2D eigenvalue weighted by atomic mass is 16.5. The lowest BCUT2D eigenvalue weighted by Gasteiger charge is -2.12. The largest absolute Gasteiger partial charge is 0.491 e. The van der Waals surface area contributed by atoms with Crippen molar-refractivity contribution in [2.45, 2.75) is 32.5 Å². The average molecular weight is 378 g/mol. The topological polar surface area (TPSA) is 70.5 Å². The molecule has 0 radical (unpaired) electrons. The van der Waals surface area contributed by atoms with Crippen LogP contribution in [0.2, 0.25) is 0 Å². The molecule has 2 aromatic carbocycles. The van der Waals surface area contributed by atoms with Crippen LogP contribution < -0.4 is 4.74 Å². The molecule has 0 spiro atoms. The maximum atomic E-state index is 12.5. The molecule has 0 amide bonds. The van der Waals surface area contributed by atoms with Gasteiger partial charge in [-0.3, -0.25) is 0 Å². The molecule has 1 fully saturated rings. The van der Waals surface area contributed by atoms with Crippen LogP contribution in [0.5, 0.6) is 5.75 Å². The predicted molar refractivity (Wildman–Crippen MR) is 104 cm³/mol. The van der Waals surface area contributed by atoms with Gasteiger partial charge in [0.25, 0.3) is 0 Å². The van der Waals surface area contributed by atoms with E-state index in [9.17, 15) is 4.79 Å². The molecule has 0 unspecified atom stereocenters. The highest BCUT2D eigenvalue weighted by Gasteiger charge is 2.17. The smallest absolute Gasteiger partial charge is 0.338 e. The Bertz CT molecular complexity index is 983. The van der Waals surface area contributed by atoms with Crippen LogP contribution in [0.15, 0.2) is 48.5 Å². The Morgan fingerprint density at radius 1 is 1.14 bits per heavy atom. The first kappa shape index (κ1) is 18.4. The standard InChI is InChI=1S/C22H22N2O4/c1-15-21(24-20-10-3-2-9-19(20)23-15)14-28-22(25)16-6-4-7-17(12-16)27-13-18-8-5-11-26-18/h2-4,6-7,9-10,12,18H,5,8,11,13-14H2,1H3/t18-/m1/s1. The minimum absolute atomic E-state index is 0.0729. The van der Waals surface area contributed by atoms with Crippen LogP contribution in [0.4, 0.5) is 0 Å². The van der Waals surface area contributed by atoms with E-state index in [0.29, 0.717) is 23.6 Å². The van der Waals surface area contributed by atoms with Gasteiger partial charge in [-0.1, -0.05) is 18.2 Å². The van der Waals surface area contributed by atoms with Crippen LogP contribution in [0.3, 0.4) is 0 Å². The number of rotatable bonds is 6. The lowest BCUT2D eigenvalue weighted by Crippen LogP contribution is -2.16. The van der Waals surface area contributed by atoms with Gasteiger partial charge >= 0.3 is 5.97 Å². The van der Waals surface area contributed by atoms with Crippen LogP contribution >= 0.6 is 0 Å². The van der Waals surface area contributed by atoms with Crippen molar-refractivity contribution in [2.24, 2.45) is 0 Å². The summed E-state index contributed by atoms with van der Waals surface area (Å²) < 4.78 is 16.8. The van der Waals surface area contributed by atoms with Crippen molar-refractivity contribution in [3.63, 3.8) is 0 Å². The fourth-order valence-electron chi connectivity index (χ4n) is 3.16. The molecule has 4 rings (SSSR count). The molecule has 0 bridgehead atoms. The van der Waals surface area contributed by atoms with E-state index in [4.69, 9.17) is 14.2 Å². The van der Waals surface area contributed by atoms with Gasteiger partial charge < -0.3 is 14.2 Å². The van der Waals surface area contributed by atoms with E-state index < -0.39 is 5.97 Å². The van der Waals surface area contributed by atoms with Crippen LogP contribution in [-0.4, -0.2) is 35.3 Å². The third kappa shape index (κ3) is 4.28. The van der Waals surface area contributed by atoms with Crippen molar-refractivity contribution in [1.29, 1.82) is 0 Å². The van der Waals surface area contributed by atoms with Crippen molar-refractivity contribution >= 4 is 17.0 Å².